The quantitative estimate of drug-likeness (QED) is 0.726. The Morgan fingerprint density at radius 1 is 1.15 bits per heavy atom. The Morgan fingerprint density at radius 2 is 1.95 bits per heavy atom. The van der Waals surface area contributed by atoms with Crippen LogP contribution in [0.2, 0.25) is 0 Å². The van der Waals surface area contributed by atoms with Crippen LogP contribution in [0.25, 0.3) is 0 Å². The number of Topliss-reactive ketones (excluding diaryl/α,β-unsaturated/α-hetero) is 2. The van der Waals surface area contributed by atoms with Gasteiger partial charge >= 0.3 is 0 Å². The van der Waals surface area contributed by atoms with Gasteiger partial charge in [-0.25, -0.2) is 0 Å². The average molecular weight is 269 g/mol. The monoisotopic (exact) mass is 269 g/mol. The highest BCUT2D eigenvalue weighted by Crippen LogP contribution is 2.43. The second-order valence-electron chi connectivity index (χ2n) is 6.57. The molecule has 0 spiro atoms. The fourth-order valence-electron chi connectivity index (χ4n) is 4.10. The number of rotatable bonds is 0. The van der Waals surface area contributed by atoms with E-state index in [1.54, 1.807) is 0 Å². The molecule has 4 rings (SSSR count). The van der Waals surface area contributed by atoms with Crippen molar-refractivity contribution >= 4 is 17.3 Å². The van der Waals surface area contributed by atoms with Crippen molar-refractivity contribution in [2.75, 3.05) is 18.0 Å². The third-order valence-electron chi connectivity index (χ3n) is 5.09. The molecule has 0 N–H and O–H groups in total. The highest BCUT2D eigenvalue weighted by atomic mass is 16.1. The summed E-state index contributed by atoms with van der Waals surface area (Å²) in [5.74, 6) is 0.551. The lowest BCUT2D eigenvalue weighted by atomic mass is 9.82. The first-order chi connectivity index (χ1) is 9.58. The highest BCUT2D eigenvalue weighted by molar-refractivity contribution is 6.12. The first-order valence-electron chi connectivity index (χ1n) is 7.60. The van der Waals surface area contributed by atoms with Gasteiger partial charge < -0.3 is 4.90 Å². The molecule has 2 aliphatic heterocycles. The number of aryl methyl sites for hydroxylation is 1. The van der Waals surface area contributed by atoms with E-state index in [-0.39, 0.29) is 23.4 Å². The summed E-state index contributed by atoms with van der Waals surface area (Å²) in [5.41, 5.74) is 5.11. The summed E-state index contributed by atoms with van der Waals surface area (Å²) in [4.78, 5) is 27.4. The number of hydrogen-bond acceptors (Lipinski definition) is 3. The largest absolute Gasteiger partial charge is 0.370 e. The number of fused-ring (bicyclic) bond motifs is 2. The molecule has 3 heteroatoms. The lowest BCUT2D eigenvalue weighted by Crippen LogP contribution is -2.42. The van der Waals surface area contributed by atoms with Crippen molar-refractivity contribution in [1.82, 2.24) is 0 Å². The zero-order valence-corrected chi connectivity index (χ0v) is 12.0. The van der Waals surface area contributed by atoms with E-state index in [1.165, 1.54) is 5.56 Å². The SMILES string of the molecule is CC1Cc2c(cc3c4c2C(=O)C(C)CN4CCC3)C1=O. The fraction of sp³-hybridized carbons (Fsp3) is 0.529. The van der Waals surface area contributed by atoms with Gasteiger partial charge in [-0.05, 0) is 36.5 Å². The molecule has 3 nitrogen and oxygen atoms in total. The molecule has 1 aromatic rings. The van der Waals surface area contributed by atoms with Crippen LogP contribution in [0.3, 0.4) is 0 Å². The van der Waals surface area contributed by atoms with Gasteiger partial charge in [0.2, 0.25) is 0 Å². The Kier molecular flexibility index (Phi) is 2.39. The average Bonchev–Trinajstić information content (AvgIpc) is 2.71. The van der Waals surface area contributed by atoms with Gasteiger partial charge in [-0.15, -0.1) is 0 Å². The summed E-state index contributed by atoms with van der Waals surface area (Å²) in [6.45, 7) is 5.86. The minimum Gasteiger partial charge on any atom is -0.370 e. The van der Waals surface area contributed by atoms with Gasteiger partial charge in [-0.2, -0.15) is 0 Å². The van der Waals surface area contributed by atoms with Crippen LogP contribution < -0.4 is 4.90 Å². The number of carbonyl (C=O) groups is 2. The van der Waals surface area contributed by atoms with Crippen LogP contribution in [0.4, 0.5) is 5.69 Å². The number of ketones is 2. The van der Waals surface area contributed by atoms with Crippen molar-refractivity contribution in [2.24, 2.45) is 11.8 Å². The second-order valence-corrected chi connectivity index (χ2v) is 6.57. The number of carbonyl (C=O) groups excluding carboxylic acids is 2. The zero-order valence-electron chi connectivity index (χ0n) is 12.0. The zero-order chi connectivity index (χ0) is 14.0. The van der Waals surface area contributed by atoms with Gasteiger partial charge in [-0.3, -0.25) is 9.59 Å². The van der Waals surface area contributed by atoms with Crippen LogP contribution in [-0.2, 0) is 12.8 Å². The van der Waals surface area contributed by atoms with E-state index < -0.39 is 0 Å². The normalized spacial score (nSPS) is 27.6. The van der Waals surface area contributed by atoms with Crippen molar-refractivity contribution in [1.29, 1.82) is 0 Å². The molecule has 2 atom stereocenters. The molecular weight excluding hydrogens is 250 g/mol. The van der Waals surface area contributed by atoms with Crippen LogP contribution in [0, 0.1) is 11.8 Å². The van der Waals surface area contributed by atoms with Crippen molar-refractivity contribution in [2.45, 2.75) is 33.1 Å². The van der Waals surface area contributed by atoms with Gasteiger partial charge in [0.1, 0.15) is 0 Å². The van der Waals surface area contributed by atoms with E-state index in [0.29, 0.717) is 0 Å². The lowest BCUT2D eigenvalue weighted by molar-refractivity contribution is 0.0922. The molecule has 0 aromatic heterocycles. The van der Waals surface area contributed by atoms with Gasteiger partial charge in [0, 0.05) is 36.1 Å². The van der Waals surface area contributed by atoms with E-state index in [1.807, 2.05) is 13.8 Å². The Balaban J connectivity index is 2.03. The van der Waals surface area contributed by atoms with E-state index in [0.717, 1.165) is 54.7 Å². The maximum Gasteiger partial charge on any atom is 0.169 e. The smallest absolute Gasteiger partial charge is 0.169 e. The van der Waals surface area contributed by atoms with Crippen molar-refractivity contribution in [3.63, 3.8) is 0 Å². The summed E-state index contributed by atoms with van der Waals surface area (Å²) >= 11 is 0. The Labute approximate surface area is 119 Å². The molecule has 0 saturated carbocycles. The number of nitrogens with zero attached hydrogens (tertiary/aromatic N) is 1. The Hall–Kier alpha value is -1.64. The van der Waals surface area contributed by atoms with Crippen molar-refractivity contribution in [3.8, 4) is 0 Å². The summed E-state index contributed by atoms with van der Waals surface area (Å²) in [6.07, 6.45) is 2.86. The molecule has 0 bridgehead atoms. The minimum absolute atomic E-state index is 0.0311. The summed E-state index contributed by atoms with van der Waals surface area (Å²) in [5, 5.41) is 0. The predicted octanol–water partition coefficient (Wildman–Crippen LogP) is 2.65. The number of hydrogen-bond donors (Lipinski definition) is 0. The van der Waals surface area contributed by atoms with Gasteiger partial charge in [0.15, 0.2) is 11.6 Å². The number of benzene rings is 1. The molecule has 0 amide bonds. The van der Waals surface area contributed by atoms with Crippen molar-refractivity contribution < 1.29 is 9.59 Å². The molecule has 0 saturated heterocycles. The van der Waals surface area contributed by atoms with E-state index in [4.69, 9.17) is 0 Å². The van der Waals surface area contributed by atoms with E-state index >= 15 is 0 Å². The molecule has 0 radical (unpaired) electrons. The van der Waals surface area contributed by atoms with E-state index in [9.17, 15) is 9.59 Å². The Bertz CT molecular complexity index is 647. The second kappa shape index (κ2) is 3.94. The van der Waals surface area contributed by atoms with Crippen LogP contribution in [0.1, 0.15) is 52.1 Å². The van der Waals surface area contributed by atoms with Crippen molar-refractivity contribution in [3.05, 3.63) is 28.3 Å². The lowest BCUT2D eigenvalue weighted by Gasteiger charge is -2.39. The third kappa shape index (κ3) is 1.41. The minimum atomic E-state index is 0.0311. The summed E-state index contributed by atoms with van der Waals surface area (Å²) in [7, 11) is 0. The molecule has 2 unspecified atom stereocenters. The van der Waals surface area contributed by atoms with E-state index in [2.05, 4.69) is 11.0 Å². The maximum atomic E-state index is 12.7. The van der Waals surface area contributed by atoms with Gasteiger partial charge in [-0.1, -0.05) is 13.8 Å². The predicted molar refractivity (Wildman–Crippen MR) is 77.7 cm³/mol. The Morgan fingerprint density at radius 3 is 2.75 bits per heavy atom. The number of anilines is 1. The van der Waals surface area contributed by atoms with Gasteiger partial charge in [0.25, 0.3) is 0 Å². The molecule has 1 aromatic carbocycles. The van der Waals surface area contributed by atoms with Crippen LogP contribution in [-0.4, -0.2) is 24.7 Å². The molecule has 3 aliphatic rings. The topological polar surface area (TPSA) is 37.4 Å². The summed E-state index contributed by atoms with van der Waals surface area (Å²) < 4.78 is 0. The molecule has 20 heavy (non-hydrogen) atoms. The molecule has 104 valence electrons. The van der Waals surface area contributed by atoms with Gasteiger partial charge in [0.05, 0.1) is 5.69 Å². The molecule has 2 heterocycles. The first-order valence-corrected chi connectivity index (χ1v) is 7.60. The van der Waals surface area contributed by atoms with Crippen LogP contribution >= 0.6 is 0 Å². The van der Waals surface area contributed by atoms with Crippen LogP contribution in [0.15, 0.2) is 6.07 Å². The fourth-order valence-corrected chi connectivity index (χ4v) is 4.10. The standard InChI is InChI=1S/C17H19NO2/c1-9-6-12-13(16(9)19)7-11-4-3-5-18-8-10(2)17(20)14(12)15(11)18/h7,9-10H,3-6,8H2,1-2H3. The maximum absolute atomic E-state index is 12.7. The third-order valence-corrected chi connectivity index (χ3v) is 5.09. The molecular formula is C17H19NO2. The van der Waals surface area contributed by atoms with Crippen LogP contribution in [0.5, 0.6) is 0 Å². The highest BCUT2D eigenvalue weighted by Gasteiger charge is 2.39. The molecule has 1 aliphatic carbocycles. The summed E-state index contributed by atoms with van der Waals surface area (Å²) in [6, 6.07) is 2.08. The first kappa shape index (κ1) is 12.1. The molecule has 0 fully saturated rings.